The van der Waals surface area contributed by atoms with Crippen LogP contribution in [0.3, 0.4) is 0 Å². The van der Waals surface area contributed by atoms with Gasteiger partial charge >= 0.3 is 0 Å². The molecule has 2 N–H and O–H groups in total. The van der Waals surface area contributed by atoms with E-state index in [9.17, 15) is 8.42 Å². The molecular weight excluding hydrogens is 472 g/mol. The minimum Gasteiger partial charge on any atom is -0.489 e. The fourth-order valence-electron chi connectivity index (χ4n) is 3.85. The van der Waals surface area contributed by atoms with Crippen molar-refractivity contribution in [1.82, 2.24) is 9.97 Å². The van der Waals surface area contributed by atoms with Crippen molar-refractivity contribution in [3.8, 4) is 5.75 Å². The zero-order valence-corrected chi connectivity index (χ0v) is 23.3. The molecule has 0 amide bonds. The van der Waals surface area contributed by atoms with Gasteiger partial charge in [0.25, 0.3) is 0 Å². The molecule has 0 fully saturated rings. The number of sulfone groups is 1. The largest absolute Gasteiger partial charge is 0.489 e. The summed E-state index contributed by atoms with van der Waals surface area (Å²) in [6.45, 7) is 15.7. The highest BCUT2D eigenvalue weighted by Crippen LogP contribution is 2.35. The van der Waals surface area contributed by atoms with Crippen molar-refractivity contribution in [2.24, 2.45) is 0 Å². The SMILES string of the molecule is CCC(C)c1cc(OC(C)C)c(Nc2ncc(C)c(Nc3ccccc3S(=O)(=O)C(C)C)n2)cc1C. The third kappa shape index (κ3) is 6.16. The number of para-hydroxylation sites is 1. The summed E-state index contributed by atoms with van der Waals surface area (Å²) in [6, 6.07) is 11.1. The van der Waals surface area contributed by atoms with Crippen LogP contribution in [0.1, 0.15) is 70.6 Å². The van der Waals surface area contributed by atoms with E-state index >= 15 is 0 Å². The number of benzene rings is 2. The maximum atomic E-state index is 12.9. The van der Waals surface area contributed by atoms with E-state index in [1.54, 1.807) is 44.3 Å². The molecule has 3 aromatic rings. The summed E-state index contributed by atoms with van der Waals surface area (Å²) < 4.78 is 31.9. The lowest BCUT2D eigenvalue weighted by Gasteiger charge is -2.21. The molecule has 7 nitrogen and oxygen atoms in total. The van der Waals surface area contributed by atoms with Crippen LogP contribution in [0.15, 0.2) is 47.5 Å². The summed E-state index contributed by atoms with van der Waals surface area (Å²) in [4.78, 5) is 9.38. The lowest BCUT2D eigenvalue weighted by Crippen LogP contribution is -2.16. The second kappa shape index (κ2) is 11.3. The van der Waals surface area contributed by atoms with Gasteiger partial charge in [-0.2, -0.15) is 4.98 Å². The molecule has 1 unspecified atom stereocenters. The zero-order chi connectivity index (χ0) is 26.6. The molecule has 1 aromatic heterocycles. The molecule has 1 atom stereocenters. The monoisotopic (exact) mass is 510 g/mol. The topological polar surface area (TPSA) is 93.2 Å². The molecule has 36 heavy (non-hydrogen) atoms. The van der Waals surface area contributed by atoms with Gasteiger partial charge in [0.2, 0.25) is 5.95 Å². The quantitative estimate of drug-likeness (QED) is 0.301. The van der Waals surface area contributed by atoms with E-state index < -0.39 is 15.1 Å². The van der Waals surface area contributed by atoms with Gasteiger partial charge in [-0.25, -0.2) is 13.4 Å². The number of hydrogen-bond donors (Lipinski definition) is 2. The van der Waals surface area contributed by atoms with Gasteiger partial charge in [0.05, 0.1) is 27.6 Å². The number of rotatable bonds is 10. The van der Waals surface area contributed by atoms with Gasteiger partial charge in [-0.3, -0.25) is 0 Å². The second-order valence-electron chi connectivity index (χ2n) is 9.75. The van der Waals surface area contributed by atoms with E-state index in [0.29, 0.717) is 23.4 Å². The average molecular weight is 511 g/mol. The summed E-state index contributed by atoms with van der Waals surface area (Å²) in [5, 5.41) is 5.99. The normalized spacial score (nSPS) is 12.6. The summed E-state index contributed by atoms with van der Waals surface area (Å²) >= 11 is 0. The molecule has 0 saturated carbocycles. The van der Waals surface area contributed by atoms with Crippen molar-refractivity contribution in [2.45, 2.75) is 84.0 Å². The standard InChI is InChI=1S/C28H38N4O3S/c1-9-19(6)22-15-25(35-17(2)3)24(14-20(22)7)31-28-29-16-21(8)27(32-28)30-23-12-10-11-13-26(23)36(33,34)18(4)5/h10-19H,9H2,1-8H3,(H2,29,30,31,32). The van der Waals surface area contributed by atoms with Crippen molar-refractivity contribution in [3.63, 3.8) is 0 Å². The molecule has 0 aliphatic heterocycles. The first-order chi connectivity index (χ1) is 16.9. The van der Waals surface area contributed by atoms with Gasteiger partial charge in [0.1, 0.15) is 11.6 Å². The molecule has 194 valence electrons. The molecule has 2 aromatic carbocycles. The van der Waals surface area contributed by atoms with Crippen LogP contribution in [0.4, 0.5) is 23.1 Å². The highest BCUT2D eigenvalue weighted by Gasteiger charge is 2.23. The van der Waals surface area contributed by atoms with Gasteiger partial charge in [-0.1, -0.05) is 26.0 Å². The minimum atomic E-state index is -3.47. The van der Waals surface area contributed by atoms with Crippen LogP contribution in [-0.4, -0.2) is 29.7 Å². The number of aryl methyl sites for hydroxylation is 2. The molecular formula is C28H38N4O3S. The summed E-state index contributed by atoms with van der Waals surface area (Å²) in [5.41, 5.74) is 4.48. The summed E-state index contributed by atoms with van der Waals surface area (Å²) in [5.74, 6) is 2.08. The molecule has 0 spiro atoms. The van der Waals surface area contributed by atoms with Crippen LogP contribution >= 0.6 is 0 Å². The number of hydrogen-bond acceptors (Lipinski definition) is 7. The molecule has 0 aliphatic carbocycles. The van der Waals surface area contributed by atoms with Crippen molar-refractivity contribution in [1.29, 1.82) is 0 Å². The molecule has 0 bridgehead atoms. The maximum absolute atomic E-state index is 12.9. The first kappa shape index (κ1) is 27.5. The van der Waals surface area contributed by atoms with Gasteiger partial charge in [0.15, 0.2) is 9.84 Å². The molecule has 8 heteroatoms. The Morgan fingerprint density at radius 2 is 1.64 bits per heavy atom. The Kier molecular flexibility index (Phi) is 8.61. The Morgan fingerprint density at radius 3 is 2.28 bits per heavy atom. The Labute approximate surface area is 215 Å². The third-order valence-corrected chi connectivity index (χ3v) is 8.37. The van der Waals surface area contributed by atoms with Gasteiger partial charge in [-0.05, 0) is 89.3 Å². The van der Waals surface area contributed by atoms with E-state index in [1.165, 1.54) is 11.1 Å². The lowest BCUT2D eigenvalue weighted by atomic mass is 9.93. The average Bonchev–Trinajstić information content (AvgIpc) is 2.82. The van der Waals surface area contributed by atoms with E-state index in [0.717, 1.165) is 23.4 Å². The van der Waals surface area contributed by atoms with Crippen LogP contribution in [0.25, 0.3) is 0 Å². The number of ether oxygens (including phenoxy) is 1. The fraction of sp³-hybridized carbons (Fsp3) is 0.429. The highest BCUT2D eigenvalue weighted by atomic mass is 32.2. The van der Waals surface area contributed by atoms with Crippen LogP contribution in [0, 0.1) is 13.8 Å². The number of nitrogens with one attached hydrogen (secondary N) is 2. The molecule has 1 heterocycles. The van der Waals surface area contributed by atoms with Crippen LogP contribution in [0.2, 0.25) is 0 Å². The third-order valence-electron chi connectivity index (χ3n) is 6.16. The maximum Gasteiger partial charge on any atom is 0.229 e. The minimum absolute atomic E-state index is 0.00797. The number of aromatic nitrogens is 2. The van der Waals surface area contributed by atoms with Crippen molar-refractivity contribution < 1.29 is 13.2 Å². The Bertz CT molecular complexity index is 1320. The summed E-state index contributed by atoms with van der Waals surface area (Å²) in [7, 11) is -3.47. The number of nitrogens with zero attached hydrogens (tertiary/aromatic N) is 2. The molecule has 0 radical (unpaired) electrons. The first-order valence-electron chi connectivity index (χ1n) is 12.5. The predicted molar refractivity (Wildman–Crippen MR) is 148 cm³/mol. The van der Waals surface area contributed by atoms with Gasteiger partial charge in [0, 0.05) is 11.8 Å². The molecule has 0 aliphatic rings. The van der Waals surface area contributed by atoms with E-state index in [1.807, 2.05) is 20.8 Å². The highest BCUT2D eigenvalue weighted by molar-refractivity contribution is 7.92. The lowest BCUT2D eigenvalue weighted by molar-refractivity contribution is 0.243. The van der Waals surface area contributed by atoms with Gasteiger partial charge < -0.3 is 15.4 Å². The fourth-order valence-corrected chi connectivity index (χ4v) is 5.05. The van der Waals surface area contributed by atoms with Crippen LogP contribution < -0.4 is 15.4 Å². The Morgan fingerprint density at radius 1 is 0.944 bits per heavy atom. The van der Waals surface area contributed by atoms with E-state index in [2.05, 4.69) is 53.5 Å². The number of anilines is 4. The summed E-state index contributed by atoms with van der Waals surface area (Å²) in [6.07, 6.45) is 2.76. The second-order valence-corrected chi connectivity index (χ2v) is 12.2. The van der Waals surface area contributed by atoms with Gasteiger partial charge in [-0.15, -0.1) is 0 Å². The molecule has 0 saturated heterocycles. The Hall–Kier alpha value is -3.13. The first-order valence-corrected chi connectivity index (χ1v) is 14.0. The van der Waals surface area contributed by atoms with Crippen LogP contribution in [0.5, 0.6) is 5.75 Å². The molecule has 3 rings (SSSR count). The predicted octanol–water partition coefficient (Wildman–Crippen LogP) is 7.06. The zero-order valence-electron chi connectivity index (χ0n) is 22.5. The van der Waals surface area contributed by atoms with Crippen molar-refractivity contribution in [2.75, 3.05) is 10.6 Å². The Balaban J connectivity index is 1.99. The van der Waals surface area contributed by atoms with Crippen molar-refractivity contribution in [3.05, 3.63) is 59.3 Å². The van der Waals surface area contributed by atoms with E-state index in [4.69, 9.17) is 4.74 Å². The smallest absolute Gasteiger partial charge is 0.229 e. The van der Waals surface area contributed by atoms with Crippen molar-refractivity contribution >= 4 is 33.0 Å². The van der Waals surface area contributed by atoms with Crippen LogP contribution in [-0.2, 0) is 9.84 Å². The van der Waals surface area contributed by atoms with E-state index in [-0.39, 0.29) is 11.0 Å².